The SMILES string of the molecule is CN=C(NCCCn1nc(C)cc1C)NCc1cccc(C(=O)NC)c1. The van der Waals surface area contributed by atoms with Gasteiger partial charge in [-0.3, -0.25) is 14.5 Å². The minimum absolute atomic E-state index is 0.0847. The van der Waals surface area contributed by atoms with Crippen molar-refractivity contribution >= 4 is 11.9 Å². The molecule has 1 heterocycles. The maximum atomic E-state index is 11.7. The van der Waals surface area contributed by atoms with Crippen molar-refractivity contribution in [1.82, 2.24) is 25.7 Å². The minimum Gasteiger partial charge on any atom is -0.356 e. The maximum Gasteiger partial charge on any atom is 0.251 e. The van der Waals surface area contributed by atoms with Crippen LogP contribution >= 0.6 is 0 Å². The summed E-state index contributed by atoms with van der Waals surface area (Å²) in [7, 11) is 3.38. The molecule has 0 unspecified atom stereocenters. The van der Waals surface area contributed by atoms with Gasteiger partial charge in [0.1, 0.15) is 0 Å². The lowest BCUT2D eigenvalue weighted by molar-refractivity contribution is 0.0963. The molecular formula is C19H28N6O. The molecule has 26 heavy (non-hydrogen) atoms. The number of aryl methyl sites for hydroxylation is 3. The third-order valence-electron chi connectivity index (χ3n) is 4.04. The molecule has 0 aliphatic carbocycles. The molecule has 0 saturated carbocycles. The number of nitrogens with zero attached hydrogens (tertiary/aromatic N) is 3. The van der Waals surface area contributed by atoms with Crippen molar-refractivity contribution in [3.63, 3.8) is 0 Å². The van der Waals surface area contributed by atoms with Crippen LogP contribution in [-0.2, 0) is 13.1 Å². The summed E-state index contributed by atoms with van der Waals surface area (Å²) in [6.45, 7) is 6.35. The zero-order chi connectivity index (χ0) is 18.9. The van der Waals surface area contributed by atoms with Crippen LogP contribution in [0.1, 0.15) is 33.7 Å². The monoisotopic (exact) mass is 356 g/mol. The molecule has 0 spiro atoms. The Hall–Kier alpha value is -2.83. The van der Waals surface area contributed by atoms with Crippen LogP contribution in [0.4, 0.5) is 0 Å². The Morgan fingerprint density at radius 1 is 1.23 bits per heavy atom. The highest BCUT2D eigenvalue weighted by atomic mass is 16.1. The minimum atomic E-state index is -0.0847. The third kappa shape index (κ3) is 5.61. The number of benzene rings is 1. The molecule has 0 radical (unpaired) electrons. The molecule has 3 N–H and O–H groups in total. The Morgan fingerprint density at radius 2 is 2.04 bits per heavy atom. The van der Waals surface area contributed by atoms with Gasteiger partial charge in [-0.1, -0.05) is 12.1 Å². The van der Waals surface area contributed by atoms with Gasteiger partial charge in [0.25, 0.3) is 5.91 Å². The largest absolute Gasteiger partial charge is 0.356 e. The Labute approximate surface area is 154 Å². The average molecular weight is 356 g/mol. The fourth-order valence-corrected chi connectivity index (χ4v) is 2.71. The molecule has 0 atom stereocenters. The highest BCUT2D eigenvalue weighted by Crippen LogP contribution is 2.05. The van der Waals surface area contributed by atoms with Crippen molar-refractivity contribution in [3.05, 3.63) is 52.8 Å². The summed E-state index contributed by atoms with van der Waals surface area (Å²) in [5.41, 5.74) is 3.91. The first-order valence-electron chi connectivity index (χ1n) is 8.80. The molecule has 0 saturated heterocycles. The van der Waals surface area contributed by atoms with Gasteiger partial charge in [-0.05, 0) is 44.0 Å². The van der Waals surface area contributed by atoms with Gasteiger partial charge in [0, 0.05) is 45.0 Å². The lowest BCUT2D eigenvalue weighted by Crippen LogP contribution is -2.37. The molecule has 7 heteroatoms. The first kappa shape index (κ1) is 19.5. The number of guanidine groups is 1. The Kier molecular flexibility index (Phi) is 7.20. The predicted octanol–water partition coefficient (Wildman–Crippen LogP) is 1.61. The normalized spacial score (nSPS) is 11.3. The van der Waals surface area contributed by atoms with Crippen LogP contribution in [0.15, 0.2) is 35.3 Å². The van der Waals surface area contributed by atoms with Gasteiger partial charge in [0.2, 0.25) is 0 Å². The summed E-state index contributed by atoms with van der Waals surface area (Å²) in [6, 6.07) is 9.62. The molecule has 0 fully saturated rings. The third-order valence-corrected chi connectivity index (χ3v) is 4.04. The van der Waals surface area contributed by atoms with Gasteiger partial charge in [-0.2, -0.15) is 5.10 Å². The van der Waals surface area contributed by atoms with Crippen LogP contribution < -0.4 is 16.0 Å². The summed E-state index contributed by atoms with van der Waals surface area (Å²) in [4.78, 5) is 15.9. The fourth-order valence-electron chi connectivity index (χ4n) is 2.71. The number of amides is 1. The van der Waals surface area contributed by atoms with E-state index in [0.29, 0.717) is 12.1 Å². The molecule has 0 aliphatic rings. The lowest BCUT2D eigenvalue weighted by atomic mass is 10.1. The second kappa shape index (κ2) is 9.60. The smallest absolute Gasteiger partial charge is 0.251 e. The maximum absolute atomic E-state index is 11.7. The zero-order valence-corrected chi connectivity index (χ0v) is 16.0. The number of hydrogen-bond acceptors (Lipinski definition) is 3. The van der Waals surface area contributed by atoms with Crippen molar-refractivity contribution in [2.45, 2.75) is 33.4 Å². The molecule has 7 nitrogen and oxygen atoms in total. The quantitative estimate of drug-likeness (QED) is 0.400. The zero-order valence-electron chi connectivity index (χ0n) is 16.0. The van der Waals surface area contributed by atoms with Crippen molar-refractivity contribution in [1.29, 1.82) is 0 Å². The molecule has 0 bridgehead atoms. The Balaban J connectivity index is 1.77. The van der Waals surface area contributed by atoms with Gasteiger partial charge in [0.05, 0.1) is 5.69 Å². The van der Waals surface area contributed by atoms with Gasteiger partial charge < -0.3 is 16.0 Å². The molecule has 2 rings (SSSR count). The van der Waals surface area contributed by atoms with Crippen molar-refractivity contribution in [2.75, 3.05) is 20.6 Å². The van der Waals surface area contributed by atoms with E-state index in [0.717, 1.165) is 36.7 Å². The topological polar surface area (TPSA) is 83.3 Å². The van der Waals surface area contributed by atoms with Gasteiger partial charge in [-0.15, -0.1) is 0 Å². The number of carbonyl (C=O) groups excluding carboxylic acids is 1. The summed E-state index contributed by atoms with van der Waals surface area (Å²) < 4.78 is 2.03. The molecule has 0 aliphatic heterocycles. The van der Waals surface area contributed by atoms with E-state index in [-0.39, 0.29) is 5.91 Å². The molecule has 1 amide bonds. The number of aliphatic imine (C=N–C) groups is 1. The number of rotatable bonds is 7. The van der Waals surface area contributed by atoms with E-state index < -0.39 is 0 Å². The lowest BCUT2D eigenvalue weighted by Gasteiger charge is -2.13. The van der Waals surface area contributed by atoms with E-state index in [2.05, 4.69) is 39.0 Å². The molecule has 140 valence electrons. The van der Waals surface area contributed by atoms with Crippen LogP contribution in [0.3, 0.4) is 0 Å². The van der Waals surface area contributed by atoms with Crippen LogP contribution in [0, 0.1) is 13.8 Å². The van der Waals surface area contributed by atoms with Gasteiger partial charge in [-0.25, -0.2) is 0 Å². The van der Waals surface area contributed by atoms with E-state index >= 15 is 0 Å². The molecule has 1 aromatic carbocycles. The van der Waals surface area contributed by atoms with Crippen LogP contribution in [0.25, 0.3) is 0 Å². The molecule has 1 aromatic heterocycles. The summed E-state index contributed by atoms with van der Waals surface area (Å²) in [5.74, 6) is 0.655. The van der Waals surface area contributed by atoms with E-state index in [9.17, 15) is 4.79 Å². The second-order valence-corrected chi connectivity index (χ2v) is 6.14. The second-order valence-electron chi connectivity index (χ2n) is 6.14. The first-order valence-corrected chi connectivity index (χ1v) is 8.80. The highest BCUT2D eigenvalue weighted by Gasteiger charge is 2.05. The van der Waals surface area contributed by atoms with Crippen LogP contribution in [0.2, 0.25) is 0 Å². The van der Waals surface area contributed by atoms with Crippen LogP contribution in [-0.4, -0.2) is 42.3 Å². The van der Waals surface area contributed by atoms with Gasteiger partial charge >= 0.3 is 0 Å². The van der Waals surface area contributed by atoms with E-state index in [1.807, 2.05) is 29.8 Å². The number of hydrogen-bond donors (Lipinski definition) is 3. The highest BCUT2D eigenvalue weighted by molar-refractivity contribution is 5.94. The van der Waals surface area contributed by atoms with Crippen LogP contribution in [0.5, 0.6) is 0 Å². The standard InChI is InChI=1S/C19H28N6O/c1-14-11-15(2)25(24-14)10-6-9-22-19(21-4)23-13-16-7-5-8-17(12-16)18(26)20-3/h5,7-8,11-12H,6,9-10,13H2,1-4H3,(H,20,26)(H2,21,22,23). The molecular weight excluding hydrogens is 328 g/mol. The molecule has 2 aromatic rings. The van der Waals surface area contributed by atoms with E-state index in [1.165, 1.54) is 5.69 Å². The van der Waals surface area contributed by atoms with Gasteiger partial charge in [0.15, 0.2) is 5.96 Å². The average Bonchev–Trinajstić information content (AvgIpc) is 2.97. The first-order chi connectivity index (χ1) is 12.5. The Bertz CT molecular complexity index is 765. The Morgan fingerprint density at radius 3 is 2.69 bits per heavy atom. The summed E-state index contributed by atoms with van der Waals surface area (Å²) >= 11 is 0. The van der Waals surface area contributed by atoms with Crippen molar-refractivity contribution in [2.24, 2.45) is 4.99 Å². The number of nitrogens with one attached hydrogen (secondary N) is 3. The van der Waals surface area contributed by atoms with E-state index in [1.54, 1.807) is 20.2 Å². The number of aromatic nitrogens is 2. The number of carbonyl (C=O) groups is 1. The van der Waals surface area contributed by atoms with E-state index in [4.69, 9.17) is 0 Å². The summed E-state index contributed by atoms with van der Waals surface area (Å²) in [5, 5.41) is 13.7. The summed E-state index contributed by atoms with van der Waals surface area (Å²) in [6.07, 6.45) is 0.953. The predicted molar refractivity (Wildman–Crippen MR) is 104 cm³/mol. The fraction of sp³-hybridized carbons (Fsp3) is 0.421. The van der Waals surface area contributed by atoms with Crippen molar-refractivity contribution < 1.29 is 4.79 Å². The van der Waals surface area contributed by atoms with Crippen molar-refractivity contribution in [3.8, 4) is 0 Å².